The maximum atomic E-state index is 7.51. The van der Waals surface area contributed by atoms with E-state index in [0.717, 1.165) is 11.3 Å². The summed E-state index contributed by atoms with van der Waals surface area (Å²) in [6, 6.07) is 19.5. The van der Waals surface area contributed by atoms with Gasteiger partial charge in [0.25, 0.3) is 0 Å². The van der Waals surface area contributed by atoms with Crippen LogP contribution in [0.25, 0.3) is 22.4 Å². The highest BCUT2D eigenvalue weighted by molar-refractivity contribution is 6.89. The zero-order chi connectivity index (χ0) is 18.9. The average molecular weight is 321 g/mol. The van der Waals surface area contributed by atoms with Crippen molar-refractivity contribution < 1.29 is 4.11 Å². The van der Waals surface area contributed by atoms with Crippen LogP contribution in [0.15, 0.2) is 66.9 Å². The Labute approximate surface area is 144 Å². The molecule has 0 atom stereocenters. The summed E-state index contributed by atoms with van der Waals surface area (Å²) in [5.41, 5.74) is 4.55. The first-order valence-electron chi connectivity index (χ1n) is 9.33. The maximum Gasteiger partial charge on any atom is 0.0804 e. The van der Waals surface area contributed by atoms with E-state index in [1.165, 1.54) is 16.3 Å². The molecule has 1 aromatic heterocycles. The molecule has 0 radical (unpaired) electrons. The van der Waals surface area contributed by atoms with Crippen LogP contribution in [0.1, 0.15) is 9.68 Å². The first-order valence-corrected chi connectivity index (χ1v) is 11.3. The lowest BCUT2D eigenvalue weighted by Gasteiger charge is -2.21. The topological polar surface area (TPSA) is 12.9 Å². The molecule has 0 saturated heterocycles. The van der Waals surface area contributed by atoms with Crippen molar-refractivity contribution in [3.63, 3.8) is 0 Å². The van der Waals surface area contributed by atoms with Gasteiger partial charge in [0.2, 0.25) is 0 Å². The van der Waals surface area contributed by atoms with E-state index in [1.54, 1.807) is 12.1 Å². The fourth-order valence-corrected chi connectivity index (χ4v) is 4.18. The number of rotatable bonds is 3. The third kappa shape index (κ3) is 3.43. The molecule has 0 bridgehead atoms. The number of benzene rings is 2. The van der Waals surface area contributed by atoms with Crippen molar-refractivity contribution in [2.75, 3.05) is 0 Å². The van der Waals surface area contributed by atoms with Gasteiger partial charge in [-0.15, -0.1) is 0 Å². The van der Waals surface area contributed by atoms with Crippen LogP contribution in [0.5, 0.6) is 0 Å². The molecule has 2 aromatic carbocycles. The van der Waals surface area contributed by atoms with Crippen molar-refractivity contribution in [1.29, 1.82) is 0 Å². The van der Waals surface area contributed by atoms with E-state index in [0.29, 0.717) is 5.56 Å². The molecule has 0 saturated carbocycles. The van der Waals surface area contributed by atoms with Crippen LogP contribution in [-0.2, 0) is 0 Å². The van der Waals surface area contributed by atoms with Crippen LogP contribution in [0.2, 0.25) is 19.6 Å². The fourth-order valence-electron chi connectivity index (χ4n) is 2.71. The highest BCUT2D eigenvalue weighted by atomic mass is 28.3. The quantitative estimate of drug-likeness (QED) is 0.599. The van der Waals surface area contributed by atoms with E-state index >= 15 is 0 Å². The van der Waals surface area contributed by atoms with Crippen LogP contribution in [0.3, 0.4) is 0 Å². The fraction of sp³-hybridized carbons (Fsp3) is 0.190. The van der Waals surface area contributed by atoms with Crippen molar-refractivity contribution in [3.05, 3.63) is 72.4 Å². The number of aromatic nitrogens is 1. The summed E-state index contributed by atoms with van der Waals surface area (Å²) in [6.07, 6.45) is 2.00. The molecule has 3 rings (SSSR count). The molecule has 23 heavy (non-hydrogen) atoms. The number of hydrogen-bond acceptors (Lipinski definition) is 1. The van der Waals surface area contributed by atoms with Gasteiger partial charge >= 0.3 is 0 Å². The van der Waals surface area contributed by atoms with Crippen LogP contribution in [0, 0.1) is 6.85 Å². The predicted molar refractivity (Wildman–Crippen MR) is 103 cm³/mol. The zero-order valence-corrected chi connectivity index (χ0v) is 14.8. The Balaban J connectivity index is 2.10. The molecule has 0 aliphatic heterocycles. The van der Waals surface area contributed by atoms with Gasteiger partial charge in [-0.3, -0.25) is 4.98 Å². The lowest BCUT2D eigenvalue weighted by Crippen LogP contribution is -2.39. The van der Waals surface area contributed by atoms with Crippen molar-refractivity contribution >= 4 is 13.3 Å². The summed E-state index contributed by atoms with van der Waals surface area (Å²) < 4.78 is 22.5. The molecule has 0 aliphatic rings. The molecule has 0 unspecified atom stereocenters. The number of aryl methyl sites for hydroxylation is 1. The van der Waals surface area contributed by atoms with Crippen LogP contribution < -0.4 is 5.19 Å². The summed E-state index contributed by atoms with van der Waals surface area (Å²) >= 11 is 0. The summed E-state index contributed by atoms with van der Waals surface area (Å²) in [6.45, 7) is 4.88. The molecular formula is C21H23NSi. The van der Waals surface area contributed by atoms with Gasteiger partial charge in [-0.1, -0.05) is 79.8 Å². The van der Waals surface area contributed by atoms with E-state index in [9.17, 15) is 0 Å². The highest BCUT2D eigenvalue weighted by Crippen LogP contribution is 2.25. The molecule has 2 heteroatoms. The van der Waals surface area contributed by atoms with Gasteiger partial charge in [0.05, 0.1) is 13.8 Å². The van der Waals surface area contributed by atoms with E-state index in [2.05, 4.69) is 55.0 Å². The molecule has 1 heterocycles. The minimum Gasteiger partial charge on any atom is -0.256 e. The minimum absolute atomic E-state index is 0.350. The summed E-state index contributed by atoms with van der Waals surface area (Å²) in [5.74, 6) is 0. The molecule has 0 amide bonds. The Bertz CT molecular complexity index is 895. The van der Waals surface area contributed by atoms with Crippen LogP contribution >= 0.6 is 0 Å². The molecule has 3 aromatic rings. The van der Waals surface area contributed by atoms with E-state index < -0.39 is 14.9 Å². The summed E-state index contributed by atoms with van der Waals surface area (Å²) in [7, 11) is -1.56. The van der Waals surface area contributed by atoms with E-state index in [4.69, 9.17) is 4.11 Å². The van der Waals surface area contributed by atoms with Gasteiger partial charge in [-0.2, -0.15) is 0 Å². The third-order valence-electron chi connectivity index (χ3n) is 3.98. The second kappa shape index (κ2) is 6.13. The highest BCUT2D eigenvalue weighted by Gasteiger charge is 2.22. The first-order chi connectivity index (χ1) is 12.2. The Morgan fingerprint density at radius 2 is 1.57 bits per heavy atom. The molecule has 0 N–H and O–H groups in total. The normalized spacial score (nSPS) is 14.0. The Kier molecular flexibility index (Phi) is 3.27. The third-order valence-corrected chi connectivity index (χ3v) is 5.99. The van der Waals surface area contributed by atoms with Gasteiger partial charge in [0, 0.05) is 15.9 Å². The Morgan fingerprint density at radius 3 is 2.17 bits per heavy atom. The van der Waals surface area contributed by atoms with Crippen molar-refractivity contribution in [1.82, 2.24) is 4.98 Å². The van der Waals surface area contributed by atoms with Crippen molar-refractivity contribution in [2.45, 2.75) is 26.5 Å². The lowest BCUT2D eigenvalue weighted by atomic mass is 10.0. The summed E-state index contributed by atoms with van der Waals surface area (Å²) in [4.78, 5) is 4.69. The number of nitrogens with zero attached hydrogens (tertiary/aromatic N) is 1. The molecule has 0 spiro atoms. The van der Waals surface area contributed by atoms with E-state index in [1.807, 2.05) is 24.4 Å². The van der Waals surface area contributed by atoms with Gasteiger partial charge in [0.15, 0.2) is 0 Å². The van der Waals surface area contributed by atoms with E-state index in [-0.39, 0.29) is 0 Å². The molecule has 0 fully saturated rings. The van der Waals surface area contributed by atoms with Crippen LogP contribution in [-0.4, -0.2) is 13.1 Å². The molecule has 116 valence electrons. The van der Waals surface area contributed by atoms with Gasteiger partial charge in [-0.25, -0.2) is 0 Å². The minimum atomic E-state index is -2.08. The summed E-state index contributed by atoms with van der Waals surface area (Å²) in [5, 5.41) is 1.33. The first kappa shape index (κ1) is 12.3. The smallest absolute Gasteiger partial charge is 0.0804 e. The van der Waals surface area contributed by atoms with Gasteiger partial charge in [-0.05, 0) is 29.2 Å². The SMILES string of the molecule is [2H]C([2H])([2H])c1ccc(-c2cc(-c3ccccc3)c([Si](C)(C)C)cn2)cc1. The molecule has 0 aliphatic carbocycles. The number of hydrogen-bond donors (Lipinski definition) is 0. The van der Waals surface area contributed by atoms with Crippen LogP contribution in [0.4, 0.5) is 0 Å². The molecular weight excluding hydrogens is 294 g/mol. The van der Waals surface area contributed by atoms with Gasteiger partial charge in [0.1, 0.15) is 0 Å². The molecule has 1 nitrogen and oxygen atoms in total. The monoisotopic (exact) mass is 320 g/mol. The number of pyridine rings is 1. The average Bonchev–Trinajstić information content (AvgIpc) is 2.60. The Hall–Kier alpha value is -2.19. The largest absolute Gasteiger partial charge is 0.256 e. The second-order valence-corrected chi connectivity index (χ2v) is 11.8. The van der Waals surface area contributed by atoms with Crippen molar-refractivity contribution in [3.8, 4) is 22.4 Å². The van der Waals surface area contributed by atoms with Crippen molar-refractivity contribution in [2.24, 2.45) is 0 Å². The lowest BCUT2D eigenvalue weighted by molar-refractivity contribution is 1.33. The maximum absolute atomic E-state index is 7.51. The predicted octanol–water partition coefficient (Wildman–Crippen LogP) is 5.27. The van der Waals surface area contributed by atoms with Gasteiger partial charge < -0.3 is 0 Å². The zero-order valence-electron chi connectivity index (χ0n) is 16.8. The standard InChI is InChI=1S/C21H23NSi/c1-16-10-12-18(13-11-16)20-14-19(17-8-6-5-7-9-17)21(15-22-20)23(2,3)4/h5-15H,1-4H3/i1D3. The Morgan fingerprint density at radius 1 is 0.870 bits per heavy atom. The second-order valence-electron chi connectivity index (χ2n) is 6.81.